The van der Waals surface area contributed by atoms with Gasteiger partial charge in [0.2, 0.25) is 0 Å². The maximum Gasteiger partial charge on any atom is 0.339 e. The van der Waals surface area contributed by atoms with Crippen LogP contribution in [0.4, 0.5) is 10.5 Å². The van der Waals surface area contributed by atoms with Crippen LogP contribution in [0.3, 0.4) is 0 Å². The highest BCUT2D eigenvalue weighted by Crippen LogP contribution is 2.37. The fraction of sp³-hybridized carbons (Fsp3) is 0.130. The number of aryl methyl sites for hydroxylation is 1. The smallest absolute Gasteiger partial charge is 0.339 e. The summed E-state index contributed by atoms with van der Waals surface area (Å²) in [6.07, 6.45) is 1.50. The van der Waals surface area contributed by atoms with Gasteiger partial charge in [-0.15, -0.1) is 0 Å². The number of hydrogen-bond acceptors (Lipinski definition) is 4. The fourth-order valence-corrected chi connectivity index (χ4v) is 3.93. The molecule has 0 aliphatic carbocycles. The van der Waals surface area contributed by atoms with E-state index in [1.54, 1.807) is 37.4 Å². The molecule has 0 bridgehead atoms. The van der Waals surface area contributed by atoms with Gasteiger partial charge in [-0.2, -0.15) is 5.10 Å². The van der Waals surface area contributed by atoms with Crippen molar-refractivity contribution in [2.24, 2.45) is 5.10 Å². The molecule has 3 aromatic rings. The van der Waals surface area contributed by atoms with E-state index in [0.717, 1.165) is 15.6 Å². The van der Waals surface area contributed by atoms with E-state index < -0.39 is 6.03 Å². The van der Waals surface area contributed by atoms with E-state index in [9.17, 15) is 4.79 Å². The summed E-state index contributed by atoms with van der Waals surface area (Å²) < 4.78 is 13.0. The van der Waals surface area contributed by atoms with Gasteiger partial charge in [0.1, 0.15) is 6.61 Å². The molecule has 3 rings (SSSR count). The largest absolute Gasteiger partial charge is 0.493 e. The number of nitrogens with one attached hydrogen (secondary N) is 2. The van der Waals surface area contributed by atoms with Crippen molar-refractivity contribution >= 4 is 73.0 Å². The van der Waals surface area contributed by atoms with E-state index in [1.807, 2.05) is 25.1 Å². The molecule has 0 saturated heterocycles. The number of halogens is 4. The van der Waals surface area contributed by atoms with Crippen LogP contribution in [0.2, 0.25) is 10.0 Å². The zero-order valence-electron chi connectivity index (χ0n) is 17.6. The first-order chi connectivity index (χ1) is 15.8. The van der Waals surface area contributed by atoms with E-state index in [4.69, 9.17) is 32.7 Å². The number of rotatable bonds is 7. The van der Waals surface area contributed by atoms with Crippen molar-refractivity contribution in [1.29, 1.82) is 0 Å². The minimum absolute atomic E-state index is 0.274. The van der Waals surface area contributed by atoms with E-state index in [2.05, 4.69) is 47.7 Å². The molecule has 0 unspecified atom stereocenters. The van der Waals surface area contributed by atoms with Gasteiger partial charge in [-0.1, -0.05) is 45.2 Å². The molecule has 2 N–H and O–H groups in total. The summed E-state index contributed by atoms with van der Waals surface area (Å²) in [4.78, 5) is 12.1. The second-order valence-electron chi connectivity index (χ2n) is 6.86. The number of ether oxygens (including phenoxy) is 2. The maximum absolute atomic E-state index is 12.1. The van der Waals surface area contributed by atoms with Crippen LogP contribution in [-0.2, 0) is 6.61 Å². The number of carbonyl (C=O) groups is 1. The van der Waals surface area contributed by atoms with Crippen LogP contribution in [0.1, 0.15) is 16.7 Å². The lowest BCUT2D eigenvalue weighted by Crippen LogP contribution is -2.24. The SMILES string of the molecule is COc1cc(/C=N/NC(=O)Nc2ccc(Br)c(C)c2)cc(Br)c1OCc1ccc(Cl)c(Cl)c1. The Labute approximate surface area is 218 Å². The molecule has 0 spiro atoms. The highest BCUT2D eigenvalue weighted by atomic mass is 79.9. The summed E-state index contributed by atoms with van der Waals surface area (Å²) >= 11 is 18.9. The highest BCUT2D eigenvalue weighted by molar-refractivity contribution is 9.10. The van der Waals surface area contributed by atoms with Crippen molar-refractivity contribution in [1.82, 2.24) is 5.43 Å². The first-order valence-corrected chi connectivity index (χ1v) is 11.9. The van der Waals surface area contributed by atoms with Gasteiger partial charge >= 0.3 is 6.03 Å². The van der Waals surface area contributed by atoms with Crippen molar-refractivity contribution in [2.75, 3.05) is 12.4 Å². The molecule has 2 amide bonds. The quantitative estimate of drug-likeness (QED) is 0.213. The topological polar surface area (TPSA) is 72.0 Å². The number of anilines is 1. The molecule has 0 saturated carbocycles. The molecule has 0 heterocycles. The Morgan fingerprint density at radius 1 is 1.06 bits per heavy atom. The fourth-order valence-electron chi connectivity index (χ4n) is 2.79. The van der Waals surface area contributed by atoms with Gasteiger partial charge in [-0.25, -0.2) is 10.2 Å². The van der Waals surface area contributed by atoms with Crippen LogP contribution in [0, 0.1) is 6.92 Å². The number of urea groups is 1. The predicted molar refractivity (Wildman–Crippen MR) is 140 cm³/mol. The molecule has 0 aromatic heterocycles. The number of amides is 2. The molecule has 6 nitrogen and oxygen atoms in total. The Hall–Kier alpha value is -2.26. The Kier molecular flexibility index (Phi) is 9.02. The van der Waals surface area contributed by atoms with Gasteiger partial charge in [0.05, 0.1) is 27.8 Å². The molecule has 0 radical (unpaired) electrons. The van der Waals surface area contributed by atoms with Crippen LogP contribution < -0.4 is 20.2 Å². The second-order valence-corrected chi connectivity index (χ2v) is 9.38. The predicted octanol–water partition coefficient (Wildman–Crippen LogP) is 7.57. The van der Waals surface area contributed by atoms with Crippen LogP contribution in [0.5, 0.6) is 11.5 Å². The summed E-state index contributed by atoms with van der Waals surface area (Å²) in [5.41, 5.74) is 5.67. The minimum atomic E-state index is -0.458. The molecular formula is C23H19Br2Cl2N3O3. The van der Waals surface area contributed by atoms with Crippen molar-refractivity contribution in [3.8, 4) is 11.5 Å². The molecule has 0 aliphatic rings. The zero-order chi connectivity index (χ0) is 24.0. The van der Waals surface area contributed by atoms with Crippen molar-refractivity contribution in [2.45, 2.75) is 13.5 Å². The molecule has 10 heteroatoms. The average Bonchev–Trinajstić information content (AvgIpc) is 2.77. The lowest BCUT2D eigenvalue weighted by molar-refractivity contribution is 0.252. The number of hydrogen-bond donors (Lipinski definition) is 2. The maximum atomic E-state index is 12.1. The van der Waals surface area contributed by atoms with Crippen LogP contribution >= 0.6 is 55.1 Å². The standard InChI is InChI=1S/C23H19Br2Cl2N3O3/c1-13-7-16(4-5-17(13)24)29-23(31)30-28-11-15-8-18(25)22(21(10-15)32-2)33-12-14-3-6-19(26)20(27)9-14/h3-11H,12H2,1-2H3,(H2,29,30,31)/b28-11+. The Morgan fingerprint density at radius 3 is 2.55 bits per heavy atom. The van der Waals surface area contributed by atoms with E-state index in [-0.39, 0.29) is 6.61 Å². The summed E-state index contributed by atoms with van der Waals surface area (Å²) in [7, 11) is 1.54. The molecule has 172 valence electrons. The van der Waals surface area contributed by atoms with Crippen molar-refractivity contribution in [3.63, 3.8) is 0 Å². The highest BCUT2D eigenvalue weighted by Gasteiger charge is 2.12. The zero-order valence-corrected chi connectivity index (χ0v) is 22.3. The number of hydrazone groups is 1. The number of methoxy groups -OCH3 is 1. The van der Waals surface area contributed by atoms with E-state index >= 15 is 0 Å². The molecule has 0 atom stereocenters. The molecule has 33 heavy (non-hydrogen) atoms. The lowest BCUT2D eigenvalue weighted by atomic mass is 10.2. The van der Waals surface area contributed by atoms with Gasteiger partial charge < -0.3 is 14.8 Å². The van der Waals surface area contributed by atoms with Gasteiger partial charge in [0.15, 0.2) is 11.5 Å². The average molecular weight is 616 g/mol. The summed E-state index contributed by atoms with van der Waals surface area (Å²) in [6.45, 7) is 2.21. The van der Waals surface area contributed by atoms with Gasteiger partial charge in [-0.3, -0.25) is 0 Å². The van der Waals surface area contributed by atoms with Gasteiger partial charge in [0, 0.05) is 10.2 Å². The summed E-state index contributed by atoms with van der Waals surface area (Å²) in [6, 6.07) is 13.9. The number of nitrogens with zero attached hydrogens (tertiary/aromatic N) is 1. The number of benzene rings is 3. The first kappa shape index (κ1) is 25.4. The van der Waals surface area contributed by atoms with Gasteiger partial charge in [0.25, 0.3) is 0 Å². The minimum Gasteiger partial charge on any atom is -0.493 e. The monoisotopic (exact) mass is 613 g/mol. The molecule has 3 aromatic carbocycles. The molecule has 0 aliphatic heterocycles. The third-order valence-electron chi connectivity index (χ3n) is 4.41. The normalized spacial score (nSPS) is 10.8. The third-order valence-corrected chi connectivity index (χ3v) is 6.63. The van der Waals surface area contributed by atoms with Crippen LogP contribution in [0.15, 0.2) is 62.6 Å². The van der Waals surface area contributed by atoms with Crippen molar-refractivity contribution < 1.29 is 14.3 Å². The van der Waals surface area contributed by atoms with E-state index in [0.29, 0.717) is 37.3 Å². The Balaban J connectivity index is 1.64. The van der Waals surface area contributed by atoms with Gasteiger partial charge in [-0.05, 0) is 82.0 Å². The molecule has 0 fully saturated rings. The first-order valence-electron chi connectivity index (χ1n) is 9.57. The third kappa shape index (κ3) is 7.11. The summed E-state index contributed by atoms with van der Waals surface area (Å²) in [5, 5.41) is 7.66. The number of carbonyl (C=O) groups excluding carboxylic acids is 1. The molecular weight excluding hydrogens is 597 g/mol. The van der Waals surface area contributed by atoms with Crippen LogP contribution in [0.25, 0.3) is 0 Å². The second kappa shape index (κ2) is 11.7. The van der Waals surface area contributed by atoms with Crippen LogP contribution in [-0.4, -0.2) is 19.4 Å². The lowest BCUT2D eigenvalue weighted by Gasteiger charge is -2.14. The Morgan fingerprint density at radius 2 is 1.85 bits per heavy atom. The van der Waals surface area contributed by atoms with Crippen molar-refractivity contribution in [3.05, 3.63) is 84.2 Å². The summed E-state index contributed by atoms with van der Waals surface area (Å²) in [5.74, 6) is 1.03. The Bertz CT molecular complexity index is 1210. The van der Waals surface area contributed by atoms with E-state index in [1.165, 1.54) is 6.21 Å².